The summed E-state index contributed by atoms with van der Waals surface area (Å²) >= 11 is 5.94. The molecule has 5 nitrogen and oxygen atoms in total. The summed E-state index contributed by atoms with van der Waals surface area (Å²) < 4.78 is 5.88. The molecule has 0 unspecified atom stereocenters. The van der Waals surface area contributed by atoms with Crippen LogP contribution < -0.4 is 9.90 Å². The van der Waals surface area contributed by atoms with Crippen LogP contribution in [0.3, 0.4) is 0 Å². The number of fused-ring (bicyclic) bond motifs is 2. The average Bonchev–Trinajstić information content (AvgIpc) is 3.27. The van der Waals surface area contributed by atoms with Crippen molar-refractivity contribution in [3.05, 3.63) is 71.7 Å². The van der Waals surface area contributed by atoms with E-state index in [0.717, 1.165) is 27.9 Å². The number of nitrogens with zero attached hydrogens (tertiary/aromatic N) is 2. The van der Waals surface area contributed by atoms with Gasteiger partial charge in [0.2, 0.25) is 5.75 Å². The number of nitrogens with one attached hydrogen (secondary N) is 1. The summed E-state index contributed by atoms with van der Waals surface area (Å²) in [5.41, 5.74) is 2.84. The van der Waals surface area contributed by atoms with Crippen molar-refractivity contribution in [3.63, 3.8) is 0 Å². The van der Waals surface area contributed by atoms with Gasteiger partial charge in [0.05, 0.1) is 17.4 Å². The largest absolute Gasteiger partial charge is 0.452 e. The molecule has 0 saturated carbocycles. The molecule has 0 atom stereocenters. The van der Waals surface area contributed by atoms with Gasteiger partial charge in [-0.3, -0.25) is 5.10 Å². The smallest absolute Gasteiger partial charge is 0.202 e. The number of hydrogen-bond donors (Lipinski definition) is 1. The van der Waals surface area contributed by atoms with Crippen molar-refractivity contribution in [2.24, 2.45) is 0 Å². The summed E-state index contributed by atoms with van der Waals surface area (Å²) in [6.07, 6.45) is 5.50. The lowest BCUT2D eigenvalue weighted by molar-refractivity contribution is 0.309. The van der Waals surface area contributed by atoms with Gasteiger partial charge < -0.3 is 9.25 Å². The number of aromatic nitrogens is 2. The molecule has 0 spiro atoms. The predicted molar refractivity (Wildman–Crippen MR) is 97.4 cm³/mol. The van der Waals surface area contributed by atoms with Crippen LogP contribution in [-0.4, -0.2) is 10.2 Å². The Bertz CT molecular complexity index is 1100. The maximum absolute atomic E-state index is 5.97. The normalized spacial score (nSPS) is 13.1. The molecule has 2 aromatic carbocycles. The van der Waals surface area contributed by atoms with E-state index in [0.29, 0.717) is 16.5 Å². The third-order valence-electron chi connectivity index (χ3n) is 4.09. The molecule has 1 aliphatic heterocycles. The number of halogens is 1. The van der Waals surface area contributed by atoms with E-state index in [-0.39, 0.29) is 0 Å². The lowest BCUT2D eigenvalue weighted by Crippen LogP contribution is -2.22. The Morgan fingerprint density at radius 3 is 2.80 bits per heavy atom. The van der Waals surface area contributed by atoms with Gasteiger partial charge in [-0.15, -0.1) is 0 Å². The molecule has 0 amide bonds. The van der Waals surface area contributed by atoms with E-state index in [1.165, 1.54) is 0 Å². The highest BCUT2D eigenvalue weighted by molar-refractivity contribution is 6.30. The number of rotatable bonds is 2. The molecule has 1 N–H and O–H groups in total. The lowest BCUT2D eigenvalue weighted by Gasteiger charge is -2.22. The van der Waals surface area contributed by atoms with Crippen LogP contribution in [0.2, 0.25) is 5.02 Å². The van der Waals surface area contributed by atoms with Gasteiger partial charge in [0.25, 0.3) is 0 Å². The number of hydroxylamine groups is 1. The molecule has 1 aliphatic rings. The first-order valence-corrected chi connectivity index (χ1v) is 8.12. The van der Waals surface area contributed by atoms with Gasteiger partial charge in [0.1, 0.15) is 5.76 Å². The zero-order valence-corrected chi connectivity index (χ0v) is 13.7. The molecule has 122 valence electrons. The predicted octanol–water partition coefficient (Wildman–Crippen LogP) is 5.26. The molecule has 0 saturated heterocycles. The van der Waals surface area contributed by atoms with Crippen LogP contribution in [0, 0.1) is 0 Å². The number of anilines is 1. The Balaban J connectivity index is 1.47. The van der Waals surface area contributed by atoms with Gasteiger partial charge in [-0.1, -0.05) is 11.6 Å². The highest BCUT2D eigenvalue weighted by Crippen LogP contribution is 2.36. The highest BCUT2D eigenvalue weighted by Gasteiger charge is 2.20. The number of aromatic amines is 1. The summed E-state index contributed by atoms with van der Waals surface area (Å²) in [7, 11) is 0. The van der Waals surface area contributed by atoms with Crippen LogP contribution >= 0.6 is 11.6 Å². The molecule has 3 heterocycles. The van der Waals surface area contributed by atoms with Crippen LogP contribution in [-0.2, 0) is 0 Å². The molecular formula is C19H12ClN3O2. The van der Waals surface area contributed by atoms with Crippen molar-refractivity contribution >= 4 is 34.3 Å². The topological polar surface area (TPSA) is 54.3 Å². The van der Waals surface area contributed by atoms with Crippen molar-refractivity contribution in [2.45, 2.75) is 0 Å². The SMILES string of the molecule is Clc1ccc(-c2cc3c(o2)C=CN(c2ccc4[nH]ncc4c2)O3)cc1. The fourth-order valence-electron chi connectivity index (χ4n) is 2.81. The minimum Gasteiger partial charge on any atom is -0.452 e. The zero-order valence-electron chi connectivity index (χ0n) is 12.9. The fourth-order valence-corrected chi connectivity index (χ4v) is 2.94. The Hall–Kier alpha value is -3.18. The molecule has 5 rings (SSSR count). The first-order valence-electron chi connectivity index (χ1n) is 7.74. The maximum atomic E-state index is 5.97. The Kier molecular flexibility index (Phi) is 3.08. The maximum Gasteiger partial charge on any atom is 0.202 e. The molecule has 2 aromatic heterocycles. The van der Waals surface area contributed by atoms with Crippen LogP contribution in [0.25, 0.3) is 28.3 Å². The van der Waals surface area contributed by atoms with Gasteiger partial charge >= 0.3 is 0 Å². The third-order valence-corrected chi connectivity index (χ3v) is 4.34. The van der Waals surface area contributed by atoms with Crippen molar-refractivity contribution in [3.8, 4) is 17.1 Å². The average molecular weight is 350 g/mol. The minimum atomic E-state index is 0.666. The molecule has 0 fully saturated rings. The van der Waals surface area contributed by atoms with E-state index in [1.54, 1.807) is 11.3 Å². The molecular weight excluding hydrogens is 338 g/mol. The summed E-state index contributed by atoms with van der Waals surface area (Å²) in [5.74, 6) is 2.09. The summed E-state index contributed by atoms with van der Waals surface area (Å²) in [6, 6.07) is 15.3. The molecule has 0 bridgehead atoms. The van der Waals surface area contributed by atoms with Crippen molar-refractivity contribution in [1.29, 1.82) is 0 Å². The van der Waals surface area contributed by atoms with Crippen LogP contribution in [0.15, 0.2) is 65.3 Å². The second kappa shape index (κ2) is 5.43. The van der Waals surface area contributed by atoms with Gasteiger partial charge in [-0.05, 0) is 42.5 Å². The van der Waals surface area contributed by atoms with Crippen molar-refractivity contribution in [2.75, 3.05) is 5.06 Å². The summed E-state index contributed by atoms with van der Waals surface area (Å²) in [6.45, 7) is 0. The fraction of sp³-hybridized carbons (Fsp3) is 0. The number of hydrogen-bond acceptors (Lipinski definition) is 4. The van der Waals surface area contributed by atoms with E-state index in [9.17, 15) is 0 Å². The summed E-state index contributed by atoms with van der Waals surface area (Å²) in [5, 5.41) is 10.4. The Morgan fingerprint density at radius 2 is 1.92 bits per heavy atom. The van der Waals surface area contributed by atoms with E-state index >= 15 is 0 Å². The second-order valence-corrected chi connectivity index (χ2v) is 6.16. The van der Waals surface area contributed by atoms with E-state index in [2.05, 4.69) is 10.2 Å². The standard InChI is InChI=1S/C19H12ClN3O2/c20-14-3-1-12(2-4-14)18-10-19-17(24-18)7-8-23(25-19)15-5-6-16-13(9-15)11-21-22-16/h1-11H,(H,21,22). The molecule has 0 radical (unpaired) electrons. The number of furan rings is 1. The molecule has 0 aliphatic carbocycles. The summed E-state index contributed by atoms with van der Waals surface area (Å²) in [4.78, 5) is 5.97. The van der Waals surface area contributed by atoms with Crippen LogP contribution in [0.5, 0.6) is 5.75 Å². The minimum absolute atomic E-state index is 0.666. The van der Waals surface area contributed by atoms with Gasteiger partial charge in [-0.2, -0.15) is 10.2 Å². The lowest BCUT2D eigenvalue weighted by atomic mass is 10.2. The van der Waals surface area contributed by atoms with E-state index in [4.69, 9.17) is 20.9 Å². The molecule has 6 heteroatoms. The number of benzene rings is 2. The van der Waals surface area contributed by atoms with Crippen LogP contribution in [0.4, 0.5) is 5.69 Å². The van der Waals surface area contributed by atoms with Gasteiger partial charge in [0, 0.05) is 34.3 Å². The van der Waals surface area contributed by atoms with E-state index in [1.807, 2.05) is 60.8 Å². The van der Waals surface area contributed by atoms with Crippen LogP contribution in [0.1, 0.15) is 5.76 Å². The van der Waals surface area contributed by atoms with Crippen molar-refractivity contribution in [1.82, 2.24) is 10.2 Å². The molecule has 4 aromatic rings. The Labute approximate surface area is 148 Å². The third kappa shape index (κ3) is 2.45. The zero-order chi connectivity index (χ0) is 16.8. The molecule has 25 heavy (non-hydrogen) atoms. The van der Waals surface area contributed by atoms with E-state index < -0.39 is 0 Å². The van der Waals surface area contributed by atoms with Gasteiger partial charge in [-0.25, -0.2) is 0 Å². The second-order valence-electron chi connectivity index (χ2n) is 5.72. The first-order chi connectivity index (χ1) is 12.3. The Morgan fingerprint density at radius 1 is 1.04 bits per heavy atom. The highest BCUT2D eigenvalue weighted by atomic mass is 35.5. The quantitative estimate of drug-likeness (QED) is 0.536. The number of H-pyrrole nitrogens is 1. The monoisotopic (exact) mass is 349 g/mol. The first kappa shape index (κ1) is 14.2. The van der Waals surface area contributed by atoms with Crippen molar-refractivity contribution < 1.29 is 9.25 Å². The van der Waals surface area contributed by atoms with Gasteiger partial charge in [0.15, 0.2) is 5.76 Å².